The van der Waals surface area contributed by atoms with Crippen LogP contribution in [0.2, 0.25) is 0 Å². The van der Waals surface area contributed by atoms with E-state index in [1.807, 2.05) is 19.9 Å². The molecule has 1 saturated carbocycles. The van der Waals surface area contributed by atoms with Crippen molar-refractivity contribution in [2.75, 3.05) is 6.61 Å². The normalized spacial score (nSPS) is 25.6. The third kappa shape index (κ3) is 1.55. The minimum atomic E-state index is -0.443. The van der Waals surface area contributed by atoms with Gasteiger partial charge in [0.15, 0.2) is 0 Å². The van der Waals surface area contributed by atoms with Crippen molar-refractivity contribution in [1.82, 2.24) is 0 Å². The van der Waals surface area contributed by atoms with Crippen LogP contribution in [0.5, 0.6) is 0 Å². The van der Waals surface area contributed by atoms with E-state index in [-0.39, 0.29) is 22.6 Å². The average Bonchev–Trinajstić information content (AvgIpc) is 2.81. The molecule has 1 unspecified atom stereocenters. The molecule has 2 rings (SSSR count). The van der Waals surface area contributed by atoms with E-state index >= 15 is 0 Å². The van der Waals surface area contributed by atoms with Gasteiger partial charge in [-0.15, -0.1) is 0 Å². The maximum atomic E-state index is 11.2. The van der Waals surface area contributed by atoms with Gasteiger partial charge in [-0.2, -0.15) is 0 Å². The van der Waals surface area contributed by atoms with Crippen LogP contribution >= 0.6 is 0 Å². The summed E-state index contributed by atoms with van der Waals surface area (Å²) in [5, 5.41) is 20.8. The second-order valence-corrected chi connectivity index (χ2v) is 5.53. The lowest BCUT2D eigenvalue weighted by Crippen LogP contribution is -2.21. The van der Waals surface area contributed by atoms with Gasteiger partial charge in [0.25, 0.3) is 5.69 Å². The Morgan fingerprint density at radius 2 is 2.06 bits per heavy atom. The van der Waals surface area contributed by atoms with Crippen LogP contribution in [-0.2, 0) is 5.41 Å². The van der Waals surface area contributed by atoms with Gasteiger partial charge in [-0.05, 0) is 18.8 Å². The Kier molecular flexibility index (Phi) is 2.51. The van der Waals surface area contributed by atoms with Crippen molar-refractivity contribution in [2.45, 2.75) is 32.6 Å². The summed E-state index contributed by atoms with van der Waals surface area (Å²) in [5.41, 5.74) is 0.979. The summed E-state index contributed by atoms with van der Waals surface area (Å²) < 4.78 is 0. The molecule has 1 aromatic carbocycles. The van der Waals surface area contributed by atoms with Gasteiger partial charge in [0, 0.05) is 16.5 Å². The van der Waals surface area contributed by atoms with Gasteiger partial charge in [0.1, 0.15) is 0 Å². The summed E-state index contributed by atoms with van der Waals surface area (Å²) in [4.78, 5) is 10.8. The molecule has 1 aliphatic rings. The molecule has 17 heavy (non-hydrogen) atoms. The number of hydrogen-bond acceptors (Lipinski definition) is 3. The van der Waals surface area contributed by atoms with Gasteiger partial charge in [-0.25, -0.2) is 0 Å². The molecule has 4 nitrogen and oxygen atoms in total. The van der Waals surface area contributed by atoms with E-state index in [2.05, 4.69) is 0 Å². The third-order valence-corrected chi connectivity index (χ3v) is 4.12. The minimum absolute atomic E-state index is 0.0374. The number of aliphatic hydroxyl groups excluding tert-OH is 1. The summed E-state index contributed by atoms with van der Waals surface area (Å²) in [6, 6.07) is 5.33. The van der Waals surface area contributed by atoms with Gasteiger partial charge in [-0.3, -0.25) is 10.1 Å². The maximum absolute atomic E-state index is 11.2. The molecule has 0 heterocycles. The molecule has 1 aromatic rings. The zero-order valence-electron chi connectivity index (χ0n) is 10.4. The SMILES string of the molecule is Cc1cccc(C2(CO)CC2(C)C)c1[N+](=O)[O-]. The van der Waals surface area contributed by atoms with Crippen LogP contribution in [0.4, 0.5) is 5.69 Å². The first-order valence-electron chi connectivity index (χ1n) is 5.71. The number of hydrogen-bond donors (Lipinski definition) is 1. The van der Waals surface area contributed by atoms with E-state index in [0.29, 0.717) is 11.1 Å². The fraction of sp³-hybridized carbons (Fsp3) is 0.538. The Labute approximate surface area is 100 Å². The largest absolute Gasteiger partial charge is 0.395 e. The van der Waals surface area contributed by atoms with Gasteiger partial charge in [0.2, 0.25) is 0 Å². The van der Waals surface area contributed by atoms with Crippen molar-refractivity contribution < 1.29 is 10.0 Å². The van der Waals surface area contributed by atoms with Crippen molar-refractivity contribution in [1.29, 1.82) is 0 Å². The highest BCUT2D eigenvalue weighted by Gasteiger charge is 2.63. The van der Waals surface area contributed by atoms with Crippen molar-refractivity contribution >= 4 is 5.69 Å². The van der Waals surface area contributed by atoms with Gasteiger partial charge in [0.05, 0.1) is 11.5 Å². The molecule has 0 saturated heterocycles. The van der Waals surface area contributed by atoms with Crippen LogP contribution < -0.4 is 0 Å². The fourth-order valence-electron chi connectivity index (χ4n) is 2.81. The molecule has 0 bridgehead atoms. The highest BCUT2D eigenvalue weighted by atomic mass is 16.6. The highest BCUT2D eigenvalue weighted by Crippen LogP contribution is 2.65. The van der Waals surface area contributed by atoms with Crippen LogP contribution in [0.25, 0.3) is 0 Å². The lowest BCUT2D eigenvalue weighted by molar-refractivity contribution is -0.386. The highest BCUT2D eigenvalue weighted by molar-refractivity contribution is 5.55. The quantitative estimate of drug-likeness (QED) is 0.647. The van der Waals surface area contributed by atoms with E-state index in [9.17, 15) is 15.2 Å². The van der Waals surface area contributed by atoms with Crippen molar-refractivity contribution in [3.8, 4) is 0 Å². The Morgan fingerprint density at radius 1 is 1.47 bits per heavy atom. The second kappa shape index (κ2) is 3.53. The zero-order valence-corrected chi connectivity index (χ0v) is 10.4. The molecular weight excluding hydrogens is 218 g/mol. The number of para-hydroxylation sites is 1. The van der Waals surface area contributed by atoms with E-state index in [1.54, 1.807) is 19.1 Å². The maximum Gasteiger partial charge on any atom is 0.276 e. The molecule has 1 fully saturated rings. The summed E-state index contributed by atoms with van der Waals surface area (Å²) in [5.74, 6) is 0. The first-order valence-corrected chi connectivity index (χ1v) is 5.71. The van der Waals surface area contributed by atoms with E-state index in [0.717, 1.165) is 6.42 Å². The number of benzene rings is 1. The molecule has 1 aliphatic carbocycles. The standard InChI is InChI=1S/C13H17NO3/c1-9-5-4-6-10(11(9)14(16)17)13(8-15)7-12(13,2)3/h4-6,15H,7-8H2,1-3H3. The van der Waals surface area contributed by atoms with Crippen molar-refractivity contribution in [3.05, 3.63) is 39.4 Å². The molecule has 0 aliphatic heterocycles. The number of aliphatic hydroxyl groups is 1. The molecule has 0 amide bonds. The first kappa shape index (κ1) is 12.0. The van der Waals surface area contributed by atoms with Crippen molar-refractivity contribution in [2.24, 2.45) is 5.41 Å². The van der Waals surface area contributed by atoms with Crippen LogP contribution in [0.15, 0.2) is 18.2 Å². The topological polar surface area (TPSA) is 63.4 Å². The first-order chi connectivity index (χ1) is 7.85. The molecule has 4 heteroatoms. The lowest BCUT2D eigenvalue weighted by atomic mass is 9.86. The summed E-state index contributed by atoms with van der Waals surface area (Å²) >= 11 is 0. The Bertz CT molecular complexity index is 482. The minimum Gasteiger partial charge on any atom is -0.395 e. The summed E-state index contributed by atoms with van der Waals surface area (Å²) in [7, 11) is 0. The molecular formula is C13H17NO3. The Balaban J connectivity index is 2.61. The molecule has 1 atom stereocenters. The van der Waals surface area contributed by atoms with Crippen LogP contribution in [-0.4, -0.2) is 16.6 Å². The van der Waals surface area contributed by atoms with Crippen LogP contribution in [0.3, 0.4) is 0 Å². The molecule has 92 valence electrons. The number of nitro benzene ring substituents is 1. The number of nitro groups is 1. The molecule has 1 N–H and O–H groups in total. The number of aryl methyl sites for hydroxylation is 1. The monoisotopic (exact) mass is 235 g/mol. The van der Waals surface area contributed by atoms with Crippen LogP contribution in [0, 0.1) is 22.5 Å². The second-order valence-electron chi connectivity index (χ2n) is 5.53. The van der Waals surface area contributed by atoms with Gasteiger partial charge in [-0.1, -0.05) is 32.0 Å². The number of rotatable bonds is 3. The lowest BCUT2D eigenvalue weighted by Gasteiger charge is -2.19. The van der Waals surface area contributed by atoms with Crippen LogP contribution in [0.1, 0.15) is 31.4 Å². The zero-order chi connectivity index (χ0) is 12.8. The Hall–Kier alpha value is -1.42. The van der Waals surface area contributed by atoms with E-state index in [4.69, 9.17) is 0 Å². The predicted octanol–water partition coefficient (Wildman–Crippen LogP) is 2.56. The summed E-state index contributed by atoms with van der Waals surface area (Å²) in [6.07, 6.45) is 0.792. The predicted molar refractivity (Wildman–Crippen MR) is 65.0 cm³/mol. The molecule has 0 radical (unpaired) electrons. The van der Waals surface area contributed by atoms with Gasteiger partial charge < -0.3 is 5.11 Å². The summed E-state index contributed by atoms with van der Waals surface area (Å²) in [6.45, 7) is 5.77. The Morgan fingerprint density at radius 3 is 2.47 bits per heavy atom. The van der Waals surface area contributed by atoms with Gasteiger partial charge >= 0.3 is 0 Å². The average molecular weight is 235 g/mol. The molecule has 0 aromatic heterocycles. The van der Waals surface area contributed by atoms with E-state index in [1.165, 1.54) is 0 Å². The smallest absolute Gasteiger partial charge is 0.276 e. The fourth-order valence-corrected chi connectivity index (χ4v) is 2.81. The van der Waals surface area contributed by atoms with E-state index < -0.39 is 5.41 Å². The number of nitrogens with zero attached hydrogens (tertiary/aromatic N) is 1. The molecule has 0 spiro atoms. The third-order valence-electron chi connectivity index (χ3n) is 4.12. The van der Waals surface area contributed by atoms with Crippen molar-refractivity contribution in [3.63, 3.8) is 0 Å².